The first-order valence-electron chi connectivity index (χ1n) is 7.72. The second kappa shape index (κ2) is 7.88. The lowest BCUT2D eigenvalue weighted by atomic mass is 10.2. The van der Waals surface area contributed by atoms with Crippen LogP contribution >= 0.6 is 0 Å². The SMILES string of the molecule is COc1ccc(NC(=O)NC(=O)Cn2nnc(-c3ccccc3)n2)cc1. The maximum Gasteiger partial charge on any atom is 0.325 e. The molecule has 0 spiro atoms. The molecule has 3 aromatic rings. The van der Waals surface area contributed by atoms with Crippen LogP contribution < -0.4 is 15.4 Å². The molecule has 0 aliphatic carbocycles. The molecule has 0 saturated carbocycles. The van der Waals surface area contributed by atoms with Crippen molar-refractivity contribution in [2.75, 3.05) is 12.4 Å². The fourth-order valence-electron chi connectivity index (χ4n) is 2.14. The van der Waals surface area contributed by atoms with Crippen LogP contribution in [0.25, 0.3) is 11.4 Å². The van der Waals surface area contributed by atoms with Crippen molar-refractivity contribution in [1.82, 2.24) is 25.5 Å². The van der Waals surface area contributed by atoms with Gasteiger partial charge in [-0.05, 0) is 29.5 Å². The van der Waals surface area contributed by atoms with E-state index in [1.54, 1.807) is 31.4 Å². The van der Waals surface area contributed by atoms with E-state index in [1.165, 1.54) is 0 Å². The van der Waals surface area contributed by atoms with Crippen LogP contribution in [-0.2, 0) is 11.3 Å². The molecule has 0 atom stereocenters. The van der Waals surface area contributed by atoms with Crippen LogP contribution in [0.5, 0.6) is 5.75 Å². The third-order valence-corrected chi connectivity index (χ3v) is 3.37. The average Bonchev–Trinajstić information content (AvgIpc) is 3.11. The van der Waals surface area contributed by atoms with Crippen molar-refractivity contribution >= 4 is 17.6 Å². The Morgan fingerprint density at radius 2 is 1.81 bits per heavy atom. The van der Waals surface area contributed by atoms with E-state index in [-0.39, 0.29) is 6.54 Å². The molecule has 0 radical (unpaired) electrons. The first-order chi connectivity index (χ1) is 12.6. The Morgan fingerprint density at radius 3 is 2.50 bits per heavy atom. The molecular formula is C17H16N6O3. The number of anilines is 1. The van der Waals surface area contributed by atoms with Gasteiger partial charge in [0.15, 0.2) is 0 Å². The third-order valence-electron chi connectivity index (χ3n) is 3.37. The van der Waals surface area contributed by atoms with Gasteiger partial charge in [0, 0.05) is 11.3 Å². The lowest BCUT2D eigenvalue weighted by Gasteiger charge is -2.07. The summed E-state index contributed by atoms with van der Waals surface area (Å²) in [6, 6.07) is 15.3. The topological polar surface area (TPSA) is 111 Å². The Bertz CT molecular complexity index is 892. The zero-order valence-electron chi connectivity index (χ0n) is 13.9. The molecule has 0 bridgehead atoms. The van der Waals surface area contributed by atoms with E-state index in [4.69, 9.17) is 4.74 Å². The Kier molecular flexibility index (Phi) is 5.18. The van der Waals surface area contributed by atoms with Crippen LogP contribution in [0.15, 0.2) is 54.6 Å². The highest BCUT2D eigenvalue weighted by molar-refractivity contribution is 6.01. The second-order valence-electron chi connectivity index (χ2n) is 5.24. The quantitative estimate of drug-likeness (QED) is 0.723. The van der Waals surface area contributed by atoms with E-state index in [1.807, 2.05) is 30.3 Å². The van der Waals surface area contributed by atoms with Crippen molar-refractivity contribution in [2.45, 2.75) is 6.54 Å². The van der Waals surface area contributed by atoms with Gasteiger partial charge in [-0.15, -0.1) is 10.2 Å². The number of rotatable bonds is 5. The Balaban J connectivity index is 1.53. The van der Waals surface area contributed by atoms with E-state index in [9.17, 15) is 9.59 Å². The normalized spacial score (nSPS) is 10.2. The standard InChI is InChI=1S/C17H16N6O3/c1-26-14-9-7-13(8-10-14)18-17(25)19-15(24)11-23-21-16(20-22-23)12-5-3-2-4-6-12/h2-10H,11H2,1H3,(H2,18,19,24,25). The number of urea groups is 1. The number of aromatic nitrogens is 4. The largest absolute Gasteiger partial charge is 0.497 e. The maximum absolute atomic E-state index is 11.9. The predicted molar refractivity (Wildman–Crippen MR) is 93.4 cm³/mol. The van der Waals surface area contributed by atoms with Crippen LogP contribution in [-0.4, -0.2) is 39.3 Å². The number of benzene rings is 2. The van der Waals surface area contributed by atoms with Gasteiger partial charge < -0.3 is 10.1 Å². The number of carbonyl (C=O) groups is 2. The number of hydrogen-bond donors (Lipinski definition) is 2. The monoisotopic (exact) mass is 352 g/mol. The van der Waals surface area contributed by atoms with Gasteiger partial charge in [-0.1, -0.05) is 30.3 Å². The molecule has 1 heterocycles. The van der Waals surface area contributed by atoms with Crippen LogP contribution in [0.4, 0.5) is 10.5 Å². The van der Waals surface area contributed by atoms with Crippen LogP contribution in [0.2, 0.25) is 0 Å². The van der Waals surface area contributed by atoms with E-state index >= 15 is 0 Å². The first kappa shape index (κ1) is 17.1. The van der Waals surface area contributed by atoms with Crippen molar-refractivity contribution in [3.8, 4) is 17.1 Å². The summed E-state index contributed by atoms with van der Waals surface area (Å²) < 4.78 is 5.03. The van der Waals surface area contributed by atoms with Gasteiger partial charge in [0.1, 0.15) is 12.3 Å². The van der Waals surface area contributed by atoms with Gasteiger partial charge in [-0.3, -0.25) is 10.1 Å². The van der Waals surface area contributed by atoms with Gasteiger partial charge in [-0.25, -0.2) is 4.79 Å². The Labute approximate surface area is 149 Å². The number of hydrogen-bond acceptors (Lipinski definition) is 6. The molecule has 0 aliphatic rings. The summed E-state index contributed by atoms with van der Waals surface area (Å²) in [5.41, 5.74) is 1.32. The van der Waals surface area contributed by atoms with Crippen LogP contribution in [0.3, 0.4) is 0 Å². The number of nitrogens with one attached hydrogen (secondary N) is 2. The van der Waals surface area contributed by atoms with Crippen molar-refractivity contribution in [3.05, 3.63) is 54.6 Å². The Morgan fingerprint density at radius 1 is 1.08 bits per heavy atom. The minimum atomic E-state index is -0.649. The zero-order valence-corrected chi connectivity index (χ0v) is 13.9. The molecule has 1 aromatic heterocycles. The van der Waals surface area contributed by atoms with Gasteiger partial charge in [0.25, 0.3) is 5.91 Å². The van der Waals surface area contributed by atoms with Crippen LogP contribution in [0, 0.1) is 0 Å². The van der Waals surface area contributed by atoms with Crippen LogP contribution in [0.1, 0.15) is 0 Å². The van der Waals surface area contributed by atoms with E-state index in [0.717, 1.165) is 10.4 Å². The number of methoxy groups -OCH3 is 1. The van der Waals surface area contributed by atoms with Gasteiger partial charge >= 0.3 is 6.03 Å². The average molecular weight is 352 g/mol. The molecule has 26 heavy (non-hydrogen) atoms. The van der Waals surface area contributed by atoms with E-state index in [2.05, 4.69) is 26.0 Å². The molecule has 0 fully saturated rings. The molecule has 2 N–H and O–H groups in total. The van der Waals surface area contributed by atoms with Crippen molar-refractivity contribution in [2.24, 2.45) is 0 Å². The van der Waals surface area contributed by atoms with E-state index in [0.29, 0.717) is 17.3 Å². The molecule has 2 aromatic carbocycles. The number of carbonyl (C=O) groups excluding carboxylic acids is 2. The highest BCUT2D eigenvalue weighted by Crippen LogP contribution is 2.14. The fourth-order valence-corrected chi connectivity index (χ4v) is 2.14. The summed E-state index contributed by atoms with van der Waals surface area (Å²) in [5, 5.41) is 16.6. The summed E-state index contributed by atoms with van der Waals surface area (Å²) >= 11 is 0. The first-order valence-corrected chi connectivity index (χ1v) is 7.72. The number of imide groups is 1. The maximum atomic E-state index is 11.9. The molecular weight excluding hydrogens is 336 g/mol. The zero-order chi connectivity index (χ0) is 18.4. The third kappa shape index (κ3) is 4.41. The molecule has 9 nitrogen and oxygen atoms in total. The number of ether oxygens (including phenoxy) is 1. The lowest BCUT2D eigenvalue weighted by Crippen LogP contribution is -2.37. The Hall–Kier alpha value is -3.75. The smallest absolute Gasteiger partial charge is 0.325 e. The number of nitrogens with zero attached hydrogens (tertiary/aromatic N) is 4. The number of tetrazole rings is 1. The lowest BCUT2D eigenvalue weighted by molar-refractivity contribution is -0.120. The summed E-state index contributed by atoms with van der Waals surface area (Å²) in [6.45, 7) is -0.226. The van der Waals surface area contributed by atoms with E-state index < -0.39 is 11.9 Å². The number of amides is 3. The summed E-state index contributed by atoms with van der Waals surface area (Å²) in [6.07, 6.45) is 0. The highest BCUT2D eigenvalue weighted by atomic mass is 16.5. The molecule has 132 valence electrons. The summed E-state index contributed by atoms with van der Waals surface area (Å²) in [5.74, 6) is 0.507. The van der Waals surface area contributed by atoms with Gasteiger partial charge in [0.2, 0.25) is 5.82 Å². The molecule has 0 aliphatic heterocycles. The minimum absolute atomic E-state index is 0.226. The van der Waals surface area contributed by atoms with Crippen molar-refractivity contribution in [1.29, 1.82) is 0 Å². The second-order valence-corrected chi connectivity index (χ2v) is 5.24. The summed E-state index contributed by atoms with van der Waals surface area (Å²) in [4.78, 5) is 24.9. The van der Waals surface area contributed by atoms with Gasteiger partial charge in [0.05, 0.1) is 7.11 Å². The molecule has 3 rings (SSSR count). The predicted octanol–water partition coefficient (Wildman–Crippen LogP) is 1.70. The molecule has 9 heteroatoms. The molecule has 0 saturated heterocycles. The van der Waals surface area contributed by atoms with Crippen molar-refractivity contribution in [3.63, 3.8) is 0 Å². The van der Waals surface area contributed by atoms with Gasteiger partial charge in [-0.2, -0.15) is 4.80 Å². The van der Waals surface area contributed by atoms with Crippen molar-refractivity contribution < 1.29 is 14.3 Å². The molecule has 3 amide bonds. The fraction of sp³-hybridized carbons (Fsp3) is 0.118. The molecule has 0 unspecified atom stereocenters. The minimum Gasteiger partial charge on any atom is -0.497 e. The highest BCUT2D eigenvalue weighted by Gasteiger charge is 2.12. The summed E-state index contributed by atoms with van der Waals surface area (Å²) in [7, 11) is 1.55.